The van der Waals surface area contributed by atoms with Gasteiger partial charge in [0.2, 0.25) is 0 Å². The molecular weight excluding hydrogens is 1120 g/mol. The van der Waals surface area contributed by atoms with Gasteiger partial charge in [-0.05, 0) is 140 Å². The maximum Gasteiger partial charge on any atom is 0.252 e. The molecule has 0 N–H and O–H groups in total. The van der Waals surface area contributed by atoms with E-state index in [2.05, 4.69) is 370 Å². The third-order valence-corrected chi connectivity index (χ3v) is 19.4. The minimum atomic E-state index is -0.276. The summed E-state index contributed by atoms with van der Waals surface area (Å²) in [6.07, 6.45) is 0. The maximum atomic E-state index is 2.70. The number of rotatable bonds is 10. The third kappa shape index (κ3) is 9.50. The molecule has 2 aliphatic heterocycles. The van der Waals surface area contributed by atoms with Crippen molar-refractivity contribution in [3.8, 4) is 89.0 Å². The summed E-state index contributed by atoms with van der Waals surface area (Å²) in [5.41, 5.74) is 30.5. The van der Waals surface area contributed by atoms with Gasteiger partial charge in [0.25, 0.3) is 6.71 Å². The van der Waals surface area contributed by atoms with Crippen LogP contribution in [0, 0.1) is 0 Å². The van der Waals surface area contributed by atoms with Crippen molar-refractivity contribution in [1.29, 1.82) is 0 Å². The SMILES string of the molecule is CC(C)(C)c1cc2c3c(c1)N(c1c(-c4ccccc4)cccc1-c1ccccc1)c1cc(-c4c5ccccc5c(-c5ccc(-c6ccccc6)cc5)c5ccccc45)ccc1B3c1cc(-c3ccccc3)ccc1N2c1c(-c2ccccc2)cccc1-c1ccccc1. The molecule has 0 fully saturated rings. The molecule has 2 aliphatic rings. The lowest BCUT2D eigenvalue weighted by Gasteiger charge is -2.46. The lowest BCUT2D eigenvalue weighted by atomic mass is 9.33. The average Bonchev–Trinajstić information content (AvgIpc) is 0.712. The molecule has 0 aliphatic carbocycles. The monoisotopic (exact) mass is 1180 g/mol. The van der Waals surface area contributed by atoms with Crippen LogP contribution in [0.2, 0.25) is 0 Å². The van der Waals surface area contributed by atoms with Crippen molar-refractivity contribution in [2.75, 3.05) is 9.80 Å². The predicted molar refractivity (Wildman–Crippen MR) is 398 cm³/mol. The highest BCUT2D eigenvalue weighted by Crippen LogP contribution is 2.55. The fraction of sp³-hybridized carbons (Fsp3) is 0.0444. The molecule has 93 heavy (non-hydrogen) atoms. The van der Waals surface area contributed by atoms with Gasteiger partial charge < -0.3 is 9.80 Å². The Morgan fingerprint density at radius 3 is 0.989 bits per heavy atom. The minimum Gasteiger partial charge on any atom is -0.310 e. The van der Waals surface area contributed by atoms with Gasteiger partial charge in [-0.1, -0.05) is 336 Å². The van der Waals surface area contributed by atoms with E-state index in [1.807, 2.05) is 0 Å². The number of benzene rings is 15. The highest BCUT2D eigenvalue weighted by molar-refractivity contribution is 7.00. The van der Waals surface area contributed by atoms with Crippen molar-refractivity contribution in [2.45, 2.75) is 26.2 Å². The first-order chi connectivity index (χ1) is 45.8. The topological polar surface area (TPSA) is 6.48 Å². The molecule has 0 radical (unpaired) electrons. The summed E-state index contributed by atoms with van der Waals surface area (Å²) < 4.78 is 0. The fourth-order valence-electron chi connectivity index (χ4n) is 15.1. The van der Waals surface area contributed by atoms with Gasteiger partial charge in [0.05, 0.1) is 11.4 Å². The van der Waals surface area contributed by atoms with Crippen molar-refractivity contribution in [1.82, 2.24) is 0 Å². The van der Waals surface area contributed by atoms with E-state index in [4.69, 9.17) is 0 Å². The first-order valence-electron chi connectivity index (χ1n) is 32.5. The summed E-state index contributed by atoms with van der Waals surface area (Å²) >= 11 is 0. The third-order valence-electron chi connectivity index (χ3n) is 19.4. The quantitative estimate of drug-likeness (QED) is 0.0995. The molecule has 0 saturated heterocycles. The zero-order chi connectivity index (χ0) is 62.2. The molecule has 2 nitrogen and oxygen atoms in total. The smallest absolute Gasteiger partial charge is 0.252 e. The van der Waals surface area contributed by atoms with Gasteiger partial charge in [-0.3, -0.25) is 0 Å². The molecule has 0 bridgehead atoms. The van der Waals surface area contributed by atoms with Gasteiger partial charge in [0, 0.05) is 45.0 Å². The van der Waals surface area contributed by atoms with E-state index in [9.17, 15) is 0 Å². The highest BCUT2D eigenvalue weighted by atomic mass is 15.2. The van der Waals surface area contributed by atoms with Crippen molar-refractivity contribution >= 4 is 78.8 Å². The van der Waals surface area contributed by atoms with Crippen LogP contribution in [0.3, 0.4) is 0 Å². The van der Waals surface area contributed by atoms with E-state index in [0.29, 0.717) is 0 Å². The second-order valence-electron chi connectivity index (χ2n) is 25.8. The summed E-state index contributed by atoms with van der Waals surface area (Å²) in [6, 6.07) is 127. The van der Waals surface area contributed by atoms with Gasteiger partial charge in [-0.2, -0.15) is 0 Å². The normalized spacial score (nSPS) is 12.4. The van der Waals surface area contributed by atoms with Crippen LogP contribution in [-0.2, 0) is 5.41 Å². The molecule has 17 rings (SSSR count). The summed E-state index contributed by atoms with van der Waals surface area (Å²) in [5.74, 6) is 0. The number of fused-ring (bicyclic) bond motifs is 6. The predicted octanol–water partition coefficient (Wildman–Crippen LogP) is 22.7. The molecule has 0 atom stereocenters. The minimum absolute atomic E-state index is 0.193. The lowest BCUT2D eigenvalue weighted by molar-refractivity contribution is 0.590. The van der Waals surface area contributed by atoms with Crippen molar-refractivity contribution in [3.05, 3.63) is 345 Å². The molecule has 0 spiro atoms. The zero-order valence-corrected chi connectivity index (χ0v) is 52.3. The maximum absolute atomic E-state index is 2.70. The van der Waals surface area contributed by atoms with Gasteiger partial charge in [-0.25, -0.2) is 0 Å². The van der Waals surface area contributed by atoms with Crippen molar-refractivity contribution < 1.29 is 0 Å². The number of hydrogen-bond donors (Lipinski definition) is 0. The standard InChI is InChI=1S/C90H65BN2/c1-90(2,3)70-58-83-87-84(59-70)93(89-73(65-36-18-8-19-37-65)46-27-47-74(89)66-38-20-9-21-39-66)82-57-69(86-77-42-24-22-40-75(77)85(76-41-23-25-43-78(76)86)67-50-48-62(49-51-67)60-28-10-4-11-29-60)52-54-79(82)91(87)80-56-68(61-30-12-5-13-31-61)53-55-81(80)92(83)88-71(63-32-14-6-15-33-63)44-26-45-72(88)64-34-16-7-17-35-64/h4-59H,1-3H3. The van der Waals surface area contributed by atoms with Gasteiger partial charge in [0.1, 0.15) is 0 Å². The molecule has 0 amide bonds. The van der Waals surface area contributed by atoms with E-state index >= 15 is 0 Å². The van der Waals surface area contributed by atoms with E-state index < -0.39 is 0 Å². The summed E-state index contributed by atoms with van der Waals surface area (Å²) in [6.45, 7) is 6.94. The molecule has 15 aromatic rings. The van der Waals surface area contributed by atoms with Crippen molar-refractivity contribution in [3.63, 3.8) is 0 Å². The van der Waals surface area contributed by atoms with E-state index in [1.165, 1.54) is 88.1 Å². The van der Waals surface area contributed by atoms with Crippen LogP contribution in [0.5, 0.6) is 0 Å². The molecule has 0 unspecified atom stereocenters. The van der Waals surface area contributed by atoms with Gasteiger partial charge >= 0.3 is 0 Å². The van der Waals surface area contributed by atoms with Crippen LogP contribution < -0.4 is 26.2 Å². The highest BCUT2D eigenvalue weighted by Gasteiger charge is 2.46. The Labute approximate surface area is 545 Å². The molecule has 15 aromatic carbocycles. The first-order valence-corrected chi connectivity index (χ1v) is 32.5. The summed E-state index contributed by atoms with van der Waals surface area (Å²) in [4.78, 5) is 5.36. The largest absolute Gasteiger partial charge is 0.310 e. The van der Waals surface area contributed by atoms with Crippen LogP contribution in [0.15, 0.2) is 340 Å². The van der Waals surface area contributed by atoms with Crippen LogP contribution in [0.25, 0.3) is 111 Å². The Balaban J connectivity index is 1.01. The van der Waals surface area contributed by atoms with Crippen LogP contribution >= 0.6 is 0 Å². The molecule has 2 heterocycles. The lowest BCUT2D eigenvalue weighted by Crippen LogP contribution is -2.61. The summed E-state index contributed by atoms with van der Waals surface area (Å²) in [5, 5.41) is 4.87. The Bertz CT molecular complexity index is 5160. The number of anilines is 6. The average molecular weight is 1190 g/mol. The second kappa shape index (κ2) is 22.8. The molecular formula is C90H65BN2. The van der Waals surface area contributed by atoms with Crippen LogP contribution in [0.4, 0.5) is 34.1 Å². The van der Waals surface area contributed by atoms with Gasteiger partial charge in [-0.15, -0.1) is 0 Å². The van der Waals surface area contributed by atoms with Crippen LogP contribution in [-0.4, -0.2) is 6.71 Å². The molecule has 3 heteroatoms. The Morgan fingerprint density at radius 2 is 0.570 bits per heavy atom. The van der Waals surface area contributed by atoms with Crippen molar-refractivity contribution in [2.24, 2.45) is 0 Å². The Hall–Kier alpha value is -11.5. The molecule has 0 saturated carbocycles. The van der Waals surface area contributed by atoms with E-state index in [1.54, 1.807) is 0 Å². The first kappa shape index (κ1) is 55.5. The Kier molecular flexibility index (Phi) is 13.6. The second-order valence-corrected chi connectivity index (χ2v) is 25.8. The number of para-hydroxylation sites is 2. The van der Waals surface area contributed by atoms with E-state index in [0.717, 1.165) is 78.5 Å². The zero-order valence-electron chi connectivity index (χ0n) is 52.3. The van der Waals surface area contributed by atoms with Crippen LogP contribution in [0.1, 0.15) is 26.3 Å². The van der Waals surface area contributed by atoms with E-state index in [-0.39, 0.29) is 12.1 Å². The van der Waals surface area contributed by atoms with Gasteiger partial charge in [0.15, 0.2) is 0 Å². The number of hydrogen-bond acceptors (Lipinski definition) is 2. The molecule has 0 aromatic heterocycles. The molecule has 438 valence electrons. The number of nitrogens with zero attached hydrogens (tertiary/aromatic N) is 2. The summed E-state index contributed by atoms with van der Waals surface area (Å²) in [7, 11) is 0. The fourth-order valence-corrected chi connectivity index (χ4v) is 15.1. The Morgan fingerprint density at radius 1 is 0.237 bits per heavy atom.